The fraction of sp³-hybridized carbons (Fsp3) is 0.500. The van der Waals surface area contributed by atoms with Gasteiger partial charge < -0.3 is 15.1 Å². The number of furan rings is 1. The fourth-order valence-corrected chi connectivity index (χ4v) is 2.01. The molecule has 0 aromatic carbocycles. The average Bonchev–Trinajstić information content (AvgIpc) is 2.65. The second kappa shape index (κ2) is 5.03. The molecule has 0 aliphatic carbocycles. The lowest BCUT2D eigenvalue weighted by molar-refractivity contribution is 0.0727. The number of carbonyl (C=O) groups is 2. The van der Waals surface area contributed by atoms with Gasteiger partial charge in [0.15, 0.2) is 11.5 Å². The van der Waals surface area contributed by atoms with Gasteiger partial charge >= 0.3 is 0 Å². The number of hydrogen-bond acceptors (Lipinski definition) is 3. The van der Waals surface area contributed by atoms with Crippen molar-refractivity contribution in [1.82, 2.24) is 4.90 Å². The first-order valence-electron chi connectivity index (χ1n) is 5.87. The minimum Gasteiger partial charge on any atom is -0.446 e. The molecule has 1 aromatic heterocycles. The normalized spacial score (nSPS) is 16.6. The first-order chi connectivity index (χ1) is 8.18. The molecule has 2 heterocycles. The van der Waals surface area contributed by atoms with Crippen molar-refractivity contribution in [2.75, 3.05) is 13.1 Å². The predicted molar refractivity (Wildman–Crippen MR) is 61.6 cm³/mol. The van der Waals surface area contributed by atoms with Crippen molar-refractivity contribution < 1.29 is 14.0 Å². The zero-order valence-electron chi connectivity index (χ0n) is 9.65. The highest BCUT2D eigenvalue weighted by atomic mass is 16.4. The van der Waals surface area contributed by atoms with E-state index in [0.717, 1.165) is 38.8 Å². The Morgan fingerprint density at radius 2 is 1.65 bits per heavy atom. The van der Waals surface area contributed by atoms with E-state index < -0.39 is 5.91 Å². The summed E-state index contributed by atoms with van der Waals surface area (Å²) in [6.45, 7) is 1.51. The minimum absolute atomic E-state index is 0.0307. The Balaban J connectivity index is 2.09. The lowest BCUT2D eigenvalue weighted by Crippen LogP contribution is -2.31. The van der Waals surface area contributed by atoms with Gasteiger partial charge in [0.25, 0.3) is 11.8 Å². The van der Waals surface area contributed by atoms with Gasteiger partial charge in [-0.15, -0.1) is 0 Å². The molecule has 2 amide bonds. The number of hydrogen-bond donors (Lipinski definition) is 1. The maximum Gasteiger partial charge on any atom is 0.289 e. The summed E-state index contributed by atoms with van der Waals surface area (Å²) in [7, 11) is 0. The van der Waals surface area contributed by atoms with Crippen molar-refractivity contribution in [3.05, 3.63) is 23.7 Å². The molecule has 0 atom stereocenters. The third-order valence-corrected chi connectivity index (χ3v) is 2.95. The molecule has 0 saturated carbocycles. The molecule has 1 fully saturated rings. The Hall–Kier alpha value is -1.78. The lowest BCUT2D eigenvalue weighted by atomic mass is 10.2. The molecule has 1 aliphatic heterocycles. The summed E-state index contributed by atoms with van der Waals surface area (Å²) in [4.78, 5) is 24.7. The Kier molecular flexibility index (Phi) is 3.46. The van der Waals surface area contributed by atoms with Gasteiger partial charge in [-0.3, -0.25) is 9.59 Å². The molecule has 5 heteroatoms. The van der Waals surface area contributed by atoms with Crippen molar-refractivity contribution >= 4 is 11.8 Å². The lowest BCUT2D eigenvalue weighted by Gasteiger charge is -2.18. The summed E-state index contributed by atoms with van der Waals surface area (Å²) >= 11 is 0. The van der Waals surface area contributed by atoms with Gasteiger partial charge in [0.1, 0.15) is 0 Å². The molecule has 17 heavy (non-hydrogen) atoms. The third-order valence-electron chi connectivity index (χ3n) is 2.95. The molecule has 0 spiro atoms. The van der Waals surface area contributed by atoms with Gasteiger partial charge in [0.2, 0.25) is 0 Å². The molecule has 92 valence electrons. The van der Waals surface area contributed by atoms with Gasteiger partial charge in [-0.25, -0.2) is 0 Å². The quantitative estimate of drug-likeness (QED) is 0.843. The number of nitrogens with two attached hydrogens (primary N) is 1. The number of amides is 2. The van der Waals surface area contributed by atoms with Crippen molar-refractivity contribution in [3.63, 3.8) is 0 Å². The highest BCUT2D eigenvalue weighted by Crippen LogP contribution is 2.15. The molecule has 0 unspecified atom stereocenters. The van der Waals surface area contributed by atoms with E-state index in [2.05, 4.69) is 0 Å². The van der Waals surface area contributed by atoms with E-state index >= 15 is 0 Å². The van der Waals surface area contributed by atoms with Gasteiger partial charge in [0, 0.05) is 13.1 Å². The molecule has 2 N–H and O–H groups in total. The average molecular weight is 236 g/mol. The highest BCUT2D eigenvalue weighted by Gasteiger charge is 2.21. The predicted octanol–water partition coefficient (Wildman–Crippen LogP) is 1.39. The van der Waals surface area contributed by atoms with E-state index in [4.69, 9.17) is 10.2 Å². The molecule has 5 nitrogen and oxygen atoms in total. The first-order valence-corrected chi connectivity index (χ1v) is 5.87. The van der Waals surface area contributed by atoms with Crippen molar-refractivity contribution in [2.45, 2.75) is 25.7 Å². The smallest absolute Gasteiger partial charge is 0.289 e. The van der Waals surface area contributed by atoms with Crippen LogP contribution in [-0.2, 0) is 0 Å². The van der Waals surface area contributed by atoms with Gasteiger partial charge in [0.05, 0.1) is 0 Å². The van der Waals surface area contributed by atoms with Crippen LogP contribution in [0.2, 0.25) is 0 Å². The van der Waals surface area contributed by atoms with Crippen LogP contribution in [0.3, 0.4) is 0 Å². The number of nitrogens with zero attached hydrogens (tertiary/aromatic N) is 1. The second-order valence-electron chi connectivity index (χ2n) is 4.23. The summed E-state index contributed by atoms with van der Waals surface area (Å²) in [6, 6.07) is 2.95. The van der Waals surface area contributed by atoms with Crippen molar-refractivity contribution in [1.29, 1.82) is 0 Å². The summed E-state index contributed by atoms with van der Waals surface area (Å²) in [6.07, 6.45) is 4.37. The van der Waals surface area contributed by atoms with Crippen LogP contribution in [0.4, 0.5) is 0 Å². The molecule has 0 bridgehead atoms. The molecular formula is C12H16N2O3. The monoisotopic (exact) mass is 236 g/mol. The zero-order chi connectivity index (χ0) is 12.3. The Morgan fingerprint density at radius 3 is 2.18 bits per heavy atom. The van der Waals surface area contributed by atoms with Crippen LogP contribution in [-0.4, -0.2) is 29.8 Å². The van der Waals surface area contributed by atoms with Gasteiger partial charge in [-0.1, -0.05) is 12.8 Å². The summed E-state index contributed by atoms with van der Waals surface area (Å²) in [5.74, 6) is -0.580. The first kappa shape index (κ1) is 11.7. The number of likely N-dealkylation sites (tertiary alicyclic amines) is 1. The van der Waals surface area contributed by atoms with Gasteiger partial charge in [-0.05, 0) is 25.0 Å². The molecular weight excluding hydrogens is 220 g/mol. The summed E-state index contributed by atoms with van der Waals surface area (Å²) in [5.41, 5.74) is 5.07. The van der Waals surface area contributed by atoms with Gasteiger partial charge in [-0.2, -0.15) is 0 Å². The number of primary amides is 1. The van der Waals surface area contributed by atoms with Crippen LogP contribution in [0.15, 0.2) is 16.5 Å². The van der Waals surface area contributed by atoms with Crippen LogP contribution >= 0.6 is 0 Å². The van der Waals surface area contributed by atoms with Crippen LogP contribution in [0.25, 0.3) is 0 Å². The summed E-state index contributed by atoms with van der Waals surface area (Å²) < 4.78 is 5.14. The molecule has 1 aliphatic rings. The maximum atomic E-state index is 12.1. The van der Waals surface area contributed by atoms with Crippen LogP contribution in [0.5, 0.6) is 0 Å². The topological polar surface area (TPSA) is 76.5 Å². The number of rotatable bonds is 2. The Bertz CT molecular complexity index is 417. The second-order valence-corrected chi connectivity index (χ2v) is 4.23. The molecule has 2 rings (SSSR count). The van der Waals surface area contributed by atoms with Crippen LogP contribution in [0, 0.1) is 0 Å². The van der Waals surface area contributed by atoms with Crippen LogP contribution < -0.4 is 5.73 Å². The van der Waals surface area contributed by atoms with E-state index in [1.807, 2.05) is 0 Å². The van der Waals surface area contributed by atoms with E-state index in [1.165, 1.54) is 12.1 Å². The molecule has 1 saturated heterocycles. The maximum absolute atomic E-state index is 12.1. The van der Waals surface area contributed by atoms with Crippen LogP contribution in [0.1, 0.15) is 46.8 Å². The zero-order valence-corrected chi connectivity index (χ0v) is 9.65. The molecule has 0 radical (unpaired) electrons. The Labute approximate surface area is 99.6 Å². The number of carbonyl (C=O) groups excluding carboxylic acids is 2. The van der Waals surface area contributed by atoms with Crippen molar-refractivity contribution in [3.8, 4) is 0 Å². The Morgan fingerprint density at radius 1 is 1.06 bits per heavy atom. The van der Waals surface area contributed by atoms with E-state index in [-0.39, 0.29) is 17.4 Å². The molecule has 1 aromatic rings. The van der Waals surface area contributed by atoms with Crippen molar-refractivity contribution in [2.24, 2.45) is 5.73 Å². The van der Waals surface area contributed by atoms with E-state index in [1.54, 1.807) is 4.90 Å². The highest BCUT2D eigenvalue weighted by molar-refractivity contribution is 5.95. The summed E-state index contributed by atoms with van der Waals surface area (Å²) in [5, 5.41) is 0. The SMILES string of the molecule is NC(=O)c1ccc(C(=O)N2CCCCCC2)o1. The fourth-order valence-electron chi connectivity index (χ4n) is 2.01. The third kappa shape index (κ3) is 2.67. The largest absolute Gasteiger partial charge is 0.446 e. The van der Waals surface area contributed by atoms with E-state index in [0.29, 0.717) is 0 Å². The standard InChI is InChI=1S/C12H16N2O3/c13-11(15)9-5-6-10(17-9)12(16)14-7-3-1-2-4-8-14/h5-6H,1-4,7-8H2,(H2,13,15). The minimum atomic E-state index is -0.653. The van der Waals surface area contributed by atoms with E-state index in [9.17, 15) is 9.59 Å².